The molecule has 0 amide bonds. The Morgan fingerprint density at radius 1 is 1.10 bits per heavy atom. The summed E-state index contributed by atoms with van der Waals surface area (Å²) in [5, 5.41) is 10.9. The molecule has 3 aromatic rings. The van der Waals surface area contributed by atoms with E-state index in [2.05, 4.69) is 9.98 Å². The number of fused-ring (bicyclic) bond motifs is 1. The summed E-state index contributed by atoms with van der Waals surface area (Å²) in [5.74, 6) is 0.813. The average molecular weight is 266 g/mol. The van der Waals surface area contributed by atoms with Crippen molar-refractivity contribution in [1.82, 2.24) is 4.98 Å². The molecule has 0 saturated heterocycles. The SMILES string of the molecule is COc1ccccc1N=Cc1c(O)[nH]c2ccccc12. The first-order valence-corrected chi connectivity index (χ1v) is 6.26. The first-order chi connectivity index (χ1) is 9.79. The van der Waals surface area contributed by atoms with Crippen molar-refractivity contribution in [3.63, 3.8) is 0 Å². The number of benzene rings is 2. The smallest absolute Gasteiger partial charge is 0.198 e. The summed E-state index contributed by atoms with van der Waals surface area (Å²) < 4.78 is 5.25. The molecule has 3 rings (SSSR count). The minimum atomic E-state index is 0.116. The quantitative estimate of drug-likeness (QED) is 0.711. The number of methoxy groups -OCH3 is 1. The number of hydrogen-bond acceptors (Lipinski definition) is 3. The number of para-hydroxylation sites is 3. The summed E-state index contributed by atoms with van der Waals surface area (Å²) in [6.45, 7) is 0. The summed E-state index contributed by atoms with van der Waals surface area (Å²) in [7, 11) is 1.61. The van der Waals surface area contributed by atoms with Crippen LogP contribution in [-0.4, -0.2) is 23.4 Å². The number of aliphatic imine (C=N–C) groups is 1. The van der Waals surface area contributed by atoms with Gasteiger partial charge >= 0.3 is 0 Å². The van der Waals surface area contributed by atoms with Crippen LogP contribution in [-0.2, 0) is 0 Å². The lowest BCUT2D eigenvalue weighted by Crippen LogP contribution is -1.84. The van der Waals surface area contributed by atoms with Crippen molar-refractivity contribution >= 4 is 22.8 Å². The zero-order valence-electron chi connectivity index (χ0n) is 11.0. The van der Waals surface area contributed by atoms with Crippen LogP contribution in [0.15, 0.2) is 53.5 Å². The molecule has 0 aliphatic rings. The number of nitrogens with one attached hydrogen (secondary N) is 1. The van der Waals surface area contributed by atoms with Crippen LogP contribution in [0.25, 0.3) is 10.9 Å². The number of rotatable bonds is 3. The molecular weight excluding hydrogens is 252 g/mol. The van der Waals surface area contributed by atoms with E-state index in [9.17, 15) is 5.11 Å². The topological polar surface area (TPSA) is 57.6 Å². The second kappa shape index (κ2) is 5.09. The van der Waals surface area contributed by atoms with Crippen LogP contribution < -0.4 is 4.74 Å². The zero-order chi connectivity index (χ0) is 13.9. The third kappa shape index (κ3) is 2.12. The molecule has 0 aliphatic heterocycles. The second-order valence-corrected chi connectivity index (χ2v) is 4.36. The van der Waals surface area contributed by atoms with Crippen molar-refractivity contribution in [3.05, 3.63) is 54.1 Å². The van der Waals surface area contributed by atoms with Crippen molar-refractivity contribution in [2.24, 2.45) is 4.99 Å². The van der Waals surface area contributed by atoms with Crippen LogP contribution in [0.1, 0.15) is 5.56 Å². The monoisotopic (exact) mass is 266 g/mol. The van der Waals surface area contributed by atoms with E-state index in [1.165, 1.54) is 0 Å². The number of hydrogen-bond donors (Lipinski definition) is 2. The Morgan fingerprint density at radius 2 is 1.85 bits per heavy atom. The molecule has 0 fully saturated rings. The van der Waals surface area contributed by atoms with Crippen LogP contribution in [0.5, 0.6) is 11.6 Å². The minimum absolute atomic E-state index is 0.116. The molecule has 0 atom stereocenters. The van der Waals surface area contributed by atoms with Crippen molar-refractivity contribution in [1.29, 1.82) is 0 Å². The van der Waals surface area contributed by atoms with E-state index in [1.807, 2.05) is 48.5 Å². The molecular formula is C16H14N2O2. The van der Waals surface area contributed by atoms with Crippen LogP contribution in [0, 0.1) is 0 Å². The molecule has 1 aromatic heterocycles. The van der Waals surface area contributed by atoms with Crippen molar-refractivity contribution < 1.29 is 9.84 Å². The van der Waals surface area contributed by atoms with Gasteiger partial charge in [-0.1, -0.05) is 30.3 Å². The van der Waals surface area contributed by atoms with Crippen LogP contribution >= 0.6 is 0 Å². The molecule has 0 aliphatic carbocycles. The van der Waals surface area contributed by atoms with Crippen molar-refractivity contribution in [2.45, 2.75) is 0 Å². The van der Waals surface area contributed by atoms with Gasteiger partial charge in [-0.15, -0.1) is 0 Å². The summed E-state index contributed by atoms with van der Waals surface area (Å²) in [6.07, 6.45) is 1.64. The predicted molar refractivity (Wildman–Crippen MR) is 80.2 cm³/mol. The van der Waals surface area contributed by atoms with Crippen LogP contribution in [0.4, 0.5) is 5.69 Å². The Labute approximate surface area is 116 Å². The Bertz CT molecular complexity index is 775. The molecule has 0 bridgehead atoms. The van der Waals surface area contributed by atoms with Crippen LogP contribution in [0.3, 0.4) is 0 Å². The van der Waals surface area contributed by atoms with E-state index in [-0.39, 0.29) is 5.88 Å². The fourth-order valence-corrected chi connectivity index (χ4v) is 2.15. The lowest BCUT2D eigenvalue weighted by molar-refractivity contribution is 0.416. The highest BCUT2D eigenvalue weighted by Crippen LogP contribution is 2.29. The van der Waals surface area contributed by atoms with E-state index in [4.69, 9.17) is 4.74 Å². The van der Waals surface area contributed by atoms with Gasteiger partial charge in [0, 0.05) is 17.1 Å². The van der Waals surface area contributed by atoms with Crippen molar-refractivity contribution in [3.8, 4) is 11.6 Å². The maximum absolute atomic E-state index is 9.96. The normalized spacial score (nSPS) is 11.2. The third-order valence-electron chi connectivity index (χ3n) is 3.14. The molecule has 100 valence electrons. The van der Waals surface area contributed by atoms with Gasteiger partial charge in [0.1, 0.15) is 11.4 Å². The van der Waals surface area contributed by atoms with Gasteiger partial charge in [0.15, 0.2) is 5.88 Å². The van der Waals surface area contributed by atoms with E-state index in [1.54, 1.807) is 13.3 Å². The van der Waals surface area contributed by atoms with Gasteiger partial charge in [-0.3, -0.25) is 4.99 Å². The summed E-state index contributed by atoms with van der Waals surface area (Å²) >= 11 is 0. The Balaban J connectivity index is 2.05. The summed E-state index contributed by atoms with van der Waals surface area (Å²) in [6, 6.07) is 15.2. The molecule has 4 nitrogen and oxygen atoms in total. The lowest BCUT2D eigenvalue weighted by Gasteiger charge is -2.02. The first-order valence-electron chi connectivity index (χ1n) is 6.26. The van der Waals surface area contributed by atoms with Gasteiger partial charge in [0.2, 0.25) is 0 Å². The van der Waals surface area contributed by atoms with E-state index < -0.39 is 0 Å². The fraction of sp³-hybridized carbons (Fsp3) is 0.0625. The fourth-order valence-electron chi connectivity index (χ4n) is 2.15. The minimum Gasteiger partial charge on any atom is -0.494 e. The standard InChI is InChI=1S/C16H14N2O2/c1-20-15-9-5-4-8-14(15)17-10-12-11-6-2-3-7-13(11)18-16(12)19/h2-10,18-19H,1H3. The van der Waals surface area contributed by atoms with Gasteiger partial charge in [0.25, 0.3) is 0 Å². The molecule has 2 aromatic carbocycles. The lowest BCUT2D eigenvalue weighted by atomic mass is 10.2. The Hall–Kier alpha value is -2.75. The van der Waals surface area contributed by atoms with E-state index >= 15 is 0 Å². The molecule has 20 heavy (non-hydrogen) atoms. The molecule has 0 saturated carbocycles. The second-order valence-electron chi connectivity index (χ2n) is 4.36. The molecule has 0 spiro atoms. The van der Waals surface area contributed by atoms with Crippen molar-refractivity contribution in [2.75, 3.05) is 7.11 Å². The Morgan fingerprint density at radius 3 is 2.70 bits per heavy atom. The number of ether oxygens (including phenoxy) is 1. The van der Waals surface area contributed by atoms with Gasteiger partial charge in [-0.2, -0.15) is 0 Å². The van der Waals surface area contributed by atoms with Gasteiger partial charge in [-0.05, 0) is 18.2 Å². The van der Waals surface area contributed by atoms with Gasteiger partial charge in [-0.25, -0.2) is 0 Å². The first kappa shape index (κ1) is 12.3. The van der Waals surface area contributed by atoms with Crippen LogP contribution in [0.2, 0.25) is 0 Å². The molecule has 4 heteroatoms. The number of aromatic nitrogens is 1. The largest absolute Gasteiger partial charge is 0.494 e. The van der Waals surface area contributed by atoms with Gasteiger partial charge < -0.3 is 14.8 Å². The molecule has 2 N–H and O–H groups in total. The van der Waals surface area contributed by atoms with Gasteiger partial charge in [0.05, 0.1) is 12.7 Å². The maximum Gasteiger partial charge on any atom is 0.198 e. The molecule has 0 unspecified atom stereocenters. The average Bonchev–Trinajstić information content (AvgIpc) is 2.81. The summed E-state index contributed by atoms with van der Waals surface area (Å²) in [5.41, 5.74) is 2.28. The number of aromatic amines is 1. The highest BCUT2D eigenvalue weighted by Gasteiger charge is 2.08. The highest BCUT2D eigenvalue weighted by molar-refractivity contribution is 6.02. The zero-order valence-corrected chi connectivity index (χ0v) is 11.0. The molecule has 1 heterocycles. The molecule has 0 radical (unpaired) electrons. The Kier molecular flexibility index (Phi) is 3.13. The predicted octanol–water partition coefficient (Wildman–Crippen LogP) is 3.63. The number of nitrogens with zero attached hydrogens (tertiary/aromatic N) is 1. The number of aromatic hydroxyl groups is 1. The number of H-pyrrole nitrogens is 1. The maximum atomic E-state index is 9.96. The third-order valence-corrected chi connectivity index (χ3v) is 3.14. The summed E-state index contributed by atoms with van der Waals surface area (Å²) in [4.78, 5) is 7.33. The highest BCUT2D eigenvalue weighted by atomic mass is 16.5. The van der Waals surface area contributed by atoms with E-state index in [0.717, 1.165) is 16.6 Å². The van der Waals surface area contributed by atoms with E-state index in [0.29, 0.717) is 11.3 Å².